The first kappa shape index (κ1) is 13.9. The number of nitrogens with zero attached hydrogens (tertiary/aromatic N) is 1. The molecule has 4 nitrogen and oxygen atoms in total. The van der Waals surface area contributed by atoms with Crippen LogP contribution >= 0.6 is 0 Å². The van der Waals surface area contributed by atoms with E-state index in [4.69, 9.17) is 0 Å². The van der Waals surface area contributed by atoms with Crippen LogP contribution in [-0.2, 0) is 9.59 Å². The Labute approximate surface area is 99.3 Å². The van der Waals surface area contributed by atoms with Gasteiger partial charge in [0.15, 0.2) is 0 Å². The monoisotopic (exact) mass is 248 g/mol. The Hall–Kier alpha value is -1.20. The van der Waals surface area contributed by atoms with E-state index in [1.54, 1.807) is 13.8 Å². The summed E-state index contributed by atoms with van der Waals surface area (Å²) in [5.74, 6) is -0.646. The van der Waals surface area contributed by atoms with Crippen molar-refractivity contribution in [2.24, 2.45) is 0 Å². The van der Waals surface area contributed by atoms with Crippen LogP contribution in [0.5, 0.6) is 0 Å². The van der Waals surface area contributed by atoms with E-state index in [2.05, 4.69) is 5.32 Å². The van der Waals surface area contributed by atoms with Gasteiger partial charge >= 0.3 is 0 Å². The zero-order valence-electron chi connectivity index (χ0n) is 10.1. The van der Waals surface area contributed by atoms with Crippen molar-refractivity contribution in [2.45, 2.75) is 45.1 Å². The molecule has 1 aliphatic heterocycles. The molecule has 0 aliphatic carbocycles. The quantitative estimate of drug-likeness (QED) is 0.811. The molecule has 0 unspecified atom stereocenters. The number of amides is 2. The van der Waals surface area contributed by atoms with E-state index < -0.39 is 24.4 Å². The van der Waals surface area contributed by atoms with Gasteiger partial charge in [-0.25, -0.2) is 8.78 Å². The molecule has 0 radical (unpaired) electrons. The van der Waals surface area contributed by atoms with E-state index in [0.717, 1.165) is 4.90 Å². The highest BCUT2D eigenvalue weighted by atomic mass is 19.3. The second-order valence-corrected chi connectivity index (χ2v) is 4.23. The number of carbonyl (C=O) groups is 2. The van der Waals surface area contributed by atoms with Gasteiger partial charge < -0.3 is 10.2 Å². The maximum Gasteiger partial charge on any atom is 0.255 e. The second-order valence-electron chi connectivity index (χ2n) is 4.23. The summed E-state index contributed by atoms with van der Waals surface area (Å²) >= 11 is 0. The summed E-state index contributed by atoms with van der Waals surface area (Å²) in [7, 11) is 0. The Bertz CT molecular complexity index is 304. The van der Waals surface area contributed by atoms with E-state index >= 15 is 0 Å². The number of nitrogens with one attached hydrogen (secondary N) is 1. The molecule has 1 heterocycles. The van der Waals surface area contributed by atoms with Crippen molar-refractivity contribution in [2.75, 3.05) is 13.1 Å². The minimum Gasteiger partial charge on any atom is -0.342 e. The smallest absolute Gasteiger partial charge is 0.255 e. The van der Waals surface area contributed by atoms with Gasteiger partial charge in [-0.3, -0.25) is 9.59 Å². The largest absolute Gasteiger partial charge is 0.342 e. The first-order valence-electron chi connectivity index (χ1n) is 5.83. The van der Waals surface area contributed by atoms with Crippen molar-refractivity contribution >= 4 is 11.8 Å². The molecule has 6 heteroatoms. The zero-order chi connectivity index (χ0) is 13.1. The molecule has 1 fully saturated rings. The van der Waals surface area contributed by atoms with Crippen LogP contribution in [0.25, 0.3) is 0 Å². The lowest BCUT2D eigenvalue weighted by Crippen LogP contribution is -2.57. The van der Waals surface area contributed by atoms with E-state index in [1.807, 2.05) is 0 Å². The molecule has 17 heavy (non-hydrogen) atoms. The topological polar surface area (TPSA) is 49.4 Å². The molecule has 1 rings (SSSR count). The normalized spacial score (nSPS) is 20.4. The van der Waals surface area contributed by atoms with Crippen LogP contribution in [0.15, 0.2) is 0 Å². The molecule has 0 spiro atoms. The van der Waals surface area contributed by atoms with Gasteiger partial charge in [-0.05, 0) is 12.8 Å². The zero-order valence-corrected chi connectivity index (χ0v) is 10.1. The third-order valence-corrected chi connectivity index (χ3v) is 3.25. The van der Waals surface area contributed by atoms with Crippen LogP contribution in [0.2, 0.25) is 0 Å². The van der Waals surface area contributed by atoms with Gasteiger partial charge in [0, 0.05) is 13.0 Å². The molecule has 98 valence electrons. The number of hydrogen-bond acceptors (Lipinski definition) is 2. The summed E-state index contributed by atoms with van der Waals surface area (Å²) in [5, 5.41) is 2.67. The van der Waals surface area contributed by atoms with E-state index in [0.29, 0.717) is 12.8 Å². The van der Waals surface area contributed by atoms with Crippen LogP contribution in [0.3, 0.4) is 0 Å². The maximum atomic E-state index is 12.4. The minimum atomic E-state index is -2.57. The molecule has 0 aromatic carbocycles. The van der Waals surface area contributed by atoms with Crippen molar-refractivity contribution in [3.05, 3.63) is 0 Å². The summed E-state index contributed by atoms with van der Waals surface area (Å²) < 4.78 is 24.8. The first-order chi connectivity index (χ1) is 7.95. The van der Waals surface area contributed by atoms with Crippen LogP contribution < -0.4 is 5.32 Å². The summed E-state index contributed by atoms with van der Waals surface area (Å²) in [6.07, 6.45) is -1.67. The van der Waals surface area contributed by atoms with Crippen molar-refractivity contribution < 1.29 is 18.4 Å². The molecule has 1 aliphatic rings. The molecule has 0 bridgehead atoms. The van der Waals surface area contributed by atoms with Gasteiger partial charge in [0.2, 0.25) is 11.8 Å². The van der Waals surface area contributed by atoms with Crippen LogP contribution in [-0.4, -0.2) is 41.8 Å². The molecular formula is C11H18F2N2O2. The highest BCUT2D eigenvalue weighted by Crippen LogP contribution is 2.22. The maximum absolute atomic E-state index is 12.4. The first-order valence-corrected chi connectivity index (χ1v) is 5.83. The van der Waals surface area contributed by atoms with Crippen molar-refractivity contribution in [3.8, 4) is 0 Å². The van der Waals surface area contributed by atoms with Crippen LogP contribution in [0, 0.1) is 0 Å². The Morgan fingerprint density at radius 3 is 2.41 bits per heavy atom. The van der Waals surface area contributed by atoms with Gasteiger partial charge in [-0.15, -0.1) is 0 Å². The van der Waals surface area contributed by atoms with Gasteiger partial charge in [0.1, 0.15) is 5.54 Å². The summed E-state index contributed by atoms with van der Waals surface area (Å²) in [4.78, 5) is 24.8. The standard InChI is InChI=1S/C11H18F2N2O2/c1-3-11(4-2)10(17)15(7-8(12)13)6-5-9(16)14-11/h8H,3-7H2,1-2H3,(H,14,16). The highest BCUT2D eigenvalue weighted by Gasteiger charge is 2.42. The lowest BCUT2D eigenvalue weighted by Gasteiger charge is -2.33. The number of alkyl halides is 2. The number of rotatable bonds is 4. The summed E-state index contributed by atoms with van der Waals surface area (Å²) in [6.45, 7) is 3.01. The Morgan fingerprint density at radius 2 is 1.94 bits per heavy atom. The lowest BCUT2D eigenvalue weighted by atomic mass is 9.91. The van der Waals surface area contributed by atoms with Crippen molar-refractivity contribution in [1.82, 2.24) is 10.2 Å². The summed E-state index contributed by atoms with van der Waals surface area (Å²) in [6, 6.07) is 0. The molecule has 0 aromatic heterocycles. The molecule has 1 N–H and O–H groups in total. The van der Waals surface area contributed by atoms with E-state index in [1.165, 1.54) is 0 Å². The fourth-order valence-corrected chi connectivity index (χ4v) is 2.09. The molecule has 0 saturated carbocycles. The van der Waals surface area contributed by atoms with Gasteiger partial charge in [-0.2, -0.15) is 0 Å². The molecule has 0 aromatic rings. The van der Waals surface area contributed by atoms with E-state index in [9.17, 15) is 18.4 Å². The summed E-state index contributed by atoms with van der Waals surface area (Å²) in [5.41, 5.74) is -1.01. The molecule has 1 saturated heterocycles. The molecular weight excluding hydrogens is 230 g/mol. The Morgan fingerprint density at radius 1 is 1.35 bits per heavy atom. The predicted octanol–water partition coefficient (Wildman–Crippen LogP) is 1.16. The third kappa shape index (κ3) is 2.92. The fourth-order valence-electron chi connectivity index (χ4n) is 2.09. The lowest BCUT2D eigenvalue weighted by molar-refractivity contribution is -0.140. The fraction of sp³-hybridized carbons (Fsp3) is 0.818. The van der Waals surface area contributed by atoms with Gasteiger partial charge in [0.25, 0.3) is 6.43 Å². The second kappa shape index (κ2) is 5.42. The van der Waals surface area contributed by atoms with Gasteiger partial charge in [-0.1, -0.05) is 13.8 Å². The third-order valence-electron chi connectivity index (χ3n) is 3.25. The highest BCUT2D eigenvalue weighted by molar-refractivity contribution is 5.93. The SMILES string of the molecule is CCC1(CC)NC(=O)CCN(CC(F)F)C1=O. The van der Waals surface area contributed by atoms with Crippen molar-refractivity contribution in [3.63, 3.8) is 0 Å². The number of carbonyl (C=O) groups excluding carboxylic acids is 2. The predicted molar refractivity (Wildman–Crippen MR) is 58.7 cm³/mol. The van der Waals surface area contributed by atoms with E-state index in [-0.39, 0.29) is 18.9 Å². The van der Waals surface area contributed by atoms with Crippen LogP contribution in [0.4, 0.5) is 8.78 Å². The molecule has 2 amide bonds. The average molecular weight is 248 g/mol. The van der Waals surface area contributed by atoms with Crippen molar-refractivity contribution in [1.29, 1.82) is 0 Å². The minimum absolute atomic E-state index is 0.0662. The molecule has 0 atom stereocenters. The Kier molecular flexibility index (Phi) is 4.42. The Balaban J connectivity index is 2.96. The van der Waals surface area contributed by atoms with Crippen LogP contribution in [0.1, 0.15) is 33.1 Å². The van der Waals surface area contributed by atoms with Gasteiger partial charge in [0.05, 0.1) is 6.54 Å². The number of halogens is 2. The average Bonchev–Trinajstić information content (AvgIpc) is 2.40. The number of hydrogen-bond donors (Lipinski definition) is 1.